The summed E-state index contributed by atoms with van der Waals surface area (Å²) in [6, 6.07) is 8.77. The molecular weight excluding hydrogens is 258 g/mol. The number of para-hydroxylation sites is 1. The molecule has 0 saturated carbocycles. The molecule has 1 aliphatic rings. The molecule has 0 amide bonds. The number of halogens is 1. The smallest absolute Gasteiger partial charge is 0.124 e. The van der Waals surface area contributed by atoms with Crippen molar-refractivity contribution in [1.82, 2.24) is 4.90 Å². The molecule has 0 radical (unpaired) electrons. The molecule has 2 unspecified atom stereocenters. The topological polar surface area (TPSA) is 12.5 Å². The molecular formula is C16H24ClNO. The summed E-state index contributed by atoms with van der Waals surface area (Å²) < 4.78 is 5.67. The van der Waals surface area contributed by atoms with E-state index in [-0.39, 0.29) is 5.38 Å². The molecule has 0 aliphatic carbocycles. The van der Waals surface area contributed by atoms with Crippen LogP contribution in [0.5, 0.6) is 5.75 Å². The Morgan fingerprint density at radius 3 is 2.89 bits per heavy atom. The normalized spacial score (nSPS) is 22.2. The minimum atomic E-state index is 0.00306. The van der Waals surface area contributed by atoms with Crippen LogP contribution < -0.4 is 4.74 Å². The van der Waals surface area contributed by atoms with Gasteiger partial charge in [-0.3, -0.25) is 4.90 Å². The van der Waals surface area contributed by atoms with Crippen LogP contribution in [0.4, 0.5) is 0 Å². The van der Waals surface area contributed by atoms with Crippen LogP contribution in [-0.2, 0) is 0 Å². The number of hydrogen-bond acceptors (Lipinski definition) is 2. The minimum Gasteiger partial charge on any atom is -0.494 e. The Hall–Kier alpha value is -0.730. The first kappa shape index (κ1) is 14.7. The number of piperidine rings is 1. The standard InChI is InChI=1S/C16H24ClNO/c1-3-19-16-10-5-4-9-14(16)15(17)12-18-11-7-6-8-13(18)2/h4-5,9-10,13,15H,3,6-8,11-12H2,1-2H3. The van der Waals surface area contributed by atoms with Crippen molar-refractivity contribution in [2.24, 2.45) is 0 Å². The molecule has 2 nitrogen and oxygen atoms in total. The Morgan fingerprint density at radius 1 is 1.37 bits per heavy atom. The average molecular weight is 282 g/mol. The van der Waals surface area contributed by atoms with E-state index in [0.717, 1.165) is 17.9 Å². The van der Waals surface area contributed by atoms with Gasteiger partial charge < -0.3 is 4.74 Å². The van der Waals surface area contributed by atoms with Crippen molar-refractivity contribution in [2.75, 3.05) is 19.7 Å². The van der Waals surface area contributed by atoms with E-state index in [1.165, 1.54) is 25.8 Å². The lowest BCUT2D eigenvalue weighted by molar-refractivity contribution is 0.160. The minimum absolute atomic E-state index is 0.00306. The van der Waals surface area contributed by atoms with E-state index in [4.69, 9.17) is 16.3 Å². The van der Waals surface area contributed by atoms with Gasteiger partial charge in [0, 0.05) is 18.2 Å². The zero-order valence-corrected chi connectivity index (χ0v) is 12.7. The number of hydrogen-bond donors (Lipinski definition) is 0. The Balaban J connectivity index is 2.04. The van der Waals surface area contributed by atoms with Crippen molar-refractivity contribution in [3.8, 4) is 5.75 Å². The zero-order chi connectivity index (χ0) is 13.7. The largest absolute Gasteiger partial charge is 0.494 e. The van der Waals surface area contributed by atoms with E-state index in [1.807, 2.05) is 25.1 Å². The van der Waals surface area contributed by atoms with E-state index >= 15 is 0 Å². The second kappa shape index (κ2) is 7.16. The SMILES string of the molecule is CCOc1ccccc1C(Cl)CN1CCCCC1C. The molecule has 2 rings (SSSR count). The highest BCUT2D eigenvalue weighted by molar-refractivity contribution is 6.21. The van der Waals surface area contributed by atoms with Gasteiger partial charge in [-0.15, -0.1) is 11.6 Å². The zero-order valence-electron chi connectivity index (χ0n) is 11.9. The molecule has 1 aliphatic heterocycles. The van der Waals surface area contributed by atoms with Gasteiger partial charge in [0.1, 0.15) is 5.75 Å². The number of benzene rings is 1. The third-order valence-electron chi connectivity index (χ3n) is 3.89. The van der Waals surface area contributed by atoms with Crippen LogP contribution in [0.1, 0.15) is 44.1 Å². The molecule has 1 aromatic rings. The van der Waals surface area contributed by atoms with Crippen molar-refractivity contribution in [3.05, 3.63) is 29.8 Å². The van der Waals surface area contributed by atoms with Gasteiger partial charge in [0.15, 0.2) is 0 Å². The molecule has 106 valence electrons. The van der Waals surface area contributed by atoms with Gasteiger partial charge in [0.05, 0.1) is 12.0 Å². The van der Waals surface area contributed by atoms with Gasteiger partial charge in [0.25, 0.3) is 0 Å². The molecule has 19 heavy (non-hydrogen) atoms. The van der Waals surface area contributed by atoms with Gasteiger partial charge in [0.2, 0.25) is 0 Å². The number of alkyl halides is 1. The van der Waals surface area contributed by atoms with Crippen LogP contribution in [0, 0.1) is 0 Å². The van der Waals surface area contributed by atoms with E-state index in [1.54, 1.807) is 0 Å². The molecule has 0 spiro atoms. The van der Waals surface area contributed by atoms with Gasteiger partial charge in [-0.1, -0.05) is 24.6 Å². The first-order valence-corrected chi connectivity index (χ1v) is 7.76. The fourth-order valence-corrected chi connectivity index (χ4v) is 3.12. The molecule has 2 atom stereocenters. The molecule has 0 bridgehead atoms. The maximum atomic E-state index is 6.62. The summed E-state index contributed by atoms with van der Waals surface area (Å²) in [4.78, 5) is 2.50. The lowest BCUT2D eigenvalue weighted by Gasteiger charge is -2.34. The van der Waals surface area contributed by atoms with E-state index in [0.29, 0.717) is 12.6 Å². The van der Waals surface area contributed by atoms with Gasteiger partial charge in [-0.05, 0) is 39.3 Å². The Morgan fingerprint density at radius 2 is 2.16 bits per heavy atom. The lowest BCUT2D eigenvalue weighted by Crippen LogP contribution is -2.39. The number of nitrogens with zero attached hydrogens (tertiary/aromatic N) is 1. The fraction of sp³-hybridized carbons (Fsp3) is 0.625. The summed E-state index contributed by atoms with van der Waals surface area (Å²) in [5.41, 5.74) is 1.11. The Kier molecular flexibility index (Phi) is 5.53. The number of rotatable bonds is 5. The van der Waals surface area contributed by atoms with Gasteiger partial charge in [-0.25, -0.2) is 0 Å². The van der Waals surface area contributed by atoms with Crippen molar-refractivity contribution < 1.29 is 4.74 Å². The maximum Gasteiger partial charge on any atom is 0.124 e. The third kappa shape index (κ3) is 3.87. The van der Waals surface area contributed by atoms with E-state index < -0.39 is 0 Å². The second-order valence-corrected chi connectivity index (χ2v) is 5.80. The lowest BCUT2D eigenvalue weighted by atomic mass is 10.0. The summed E-state index contributed by atoms with van der Waals surface area (Å²) in [6.45, 7) is 7.07. The molecule has 1 saturated heterocycles. The summed E-state index contributed by atoms with van der Waals surface area (Å²) in [5, 5.41) is 0.00306. The molecule has 1 fully saturated rings. The summed E-state index contributed by atoms with van der Waals surface area (Å²) >= 11 is 6.62. The van der Waals surface area contributed by atoms with Crippen LogP contribution in [0.25, 0.3) is 0 Å². The van der Waals surface area contributed by atoms with Crippen LogP contribution >= 0.6 is 11.6 Å². The highest BCUT2D eigenvalue weighted by atomic mass is 35.5. The quantitative estimate of drug-likeness (QED) is 0.749. The molecule has 1 heterocycles. The second-order valence-electron chi connectivity index (χ2n) is 5.28. The maximum absolute atomic E-state index is 6.62. The molecule has 0 aromatic heterocycles. The molecule has 1 aromatic carbocycles. The monoisotopic (exact) mass is 281 g/mol. The van der Waals surface area contributed by atoms with Crippen LogP contribution in [0.15, 0.2) is 24.3 Å². The van der Waals surface area contributed by atoms with E-state index in [9.17, 15) is 0 Å². The van der Waals surface area contributed by atoms with Crippen molar-refractivity contribution in [3.63, 3.8) is 0 Å². The Bertz CT molecular complexity index is 396. The predicted molar refractivity (Wildman–Crippen MR) is 81.1 cm³/mol. The van der Waals surface area contributed by atoms with E-state index in [2.05, 4.69) is 17.9 Å². The van der Waals surface area contributed by atoms with Crippen molar-refractivity contribution in [2.45, 2.75) is 44.5 Å². The predicted octanol–water partition coefficient (Wildman–Crippen LogP) is 4.24. The number of likely N-dealkylation sites (tertiary alicyclic amines) is 1. The first-order chi connectivity index (χ1) is 9.22. The fourth-order valence-electron chi connectivity index (χ4n) is 2.76. The van der Waals surface area contributed by atoms with Crippen LogP contribution in [0.3, 0.4) is 0 Å². The highest BCUT2D eigenvalue weighted by Gasteiger charge is 2.22. The average Bonchev–Trinajstić information content (AvgIpc) is 2.42. The molecule has 3 heteroatoms. The van der Waals surface area contributed by atoms with Gasteiger partial charge >= 0.3 is 0 Å². The van der Waals surface area contributed by atoms with Gasteiger partial charge in [-0.2, -0.15) is 0 Å². The van der Waals surface area contributed by atoms with Crippen LogP contribution in [0.2, 0.25) is 0 Å². The Labute approximate surface area is 121 Å². The summed E-state index contributed by atoms with van der Waals surface area (Å²) in [6.07, 6.45) is 3.93. The molecule has 0 N–H and O–H groups in total. The number of ether oxygens (including phenoxy) is 1. The summed E-state index contributed by atoms with van der Waals surface area (Å²) in [7, 11) is 0. The van der Waals surface area contributed by atoms with Crippen molar-refractivity contribution in [1.29, 1.82) is 0 Å². The highest BCUT2D eigenvalue weighted by Crippen LogP contribution is 2.31. The first-order valence-electron chi connectivity index (χ1n) is 7.32. The summed E-state index contributed by atoms with van der Waals surface area (Å²) in [5.74, 6) is 0.926. The van der Waals surface area contributed by atoms with Crippen molar-refractivity contribution >= 4 is 11.6 Å². The third-order valence-corrected chi connectivity index (χ3v) is 4.26. The van der Waals surface area contributed by atoms with Crippen LogP contribution in [-0.4, -0.2) is 30.6 Å².